The highest BCUT2D eigenvalue weighted by Gasteiger charge is 2.18. The third kappa shape index (κ3) is 2.79. The molecule has 3 N–H and O–H groups in total. The lowest BCUT2D eigenvalue weighted by Gasteiger charge is -2.13. The molecule has 0 amide bonds. The summed E-state index contributed by atoms with van der Waals surface area (Å²) in [6.07, 6.45) is -2.64. The smallest absolute Gasteiger partial charge is 0.257 e. The van der Waals surface area contributed by atoms with Crippen LogP contribution >= 0.6 is 0 Å². The lowest BCUT2D eigenvalue weighted by atomic mass is 10.1. The van der Waals surface area contributed by atoms with Crippen molar-refractivity contribution in [1.29, 1.82) is 0 Å². The number of benzene rings is 1. The van der Waals surface area contributed by atoms with Crippen molar-refractivity contribution in [2.45, 2.75) is 19.4 Å². The molecule has 0 spiro atoms. The monoisotopic (exact) mass is 217 g/mol. The summed E-state index contributed by atoms with van der Waals surface area (Å²) < 4.78 is 29.7. The van der Waals surface area contributed by atoms with E-state index in [2.05, 4.69) is 0 Å². The molecule has 0 aliphatic heterocycles. The highest BCUT2D eigenvalue weighted by Crippen LogP contribution is 2.30. The predicted molar refractivity (Wildman–Crippen MR) is 52.2 cm³/mol. The minimum absolute atomic E-state index is 0.0814. The molecule has 0 aliphatic carbocycles. The summed E-state index contributed by atoms with van der Waals surface area (Å²) in [4.78, 5) is 0. The van der Waals surface area contributed by atoms with Gasteiger partial charge in [0.2, 0.25) is 0 Å². The van der Waals surface area contributed by atoms with Crippen molar-refractivity contribution in [2.75, 3.05) is 6.61 Å². The summed E-state index contributed by atoms with van der Waals surface area (Å²) >= 11 is 0. The molecule has 1 aromatic rings. The molecule has 0 bridgehead atoms. The zero-order valence-electron chi connectivity index (χ0n) is 8.28. The maximum atomic E-state index is 12.3. The van der Waals surface area contributed by atoms with Crippen LogP contribution in [-0.4, -0.2) is 18.1 Å². The predicted octanol–water partition coefficient (Wildman–Crippen LogP) is 2.06. The third-order valence-electron chi connectivity index (χ3n) is 1.94. The Morgan fingerprint density at radius 3 is 2.67 bits per heavy atom. The Balaban J connectivity index is 2.96. The van der Waals surface area contributed by atoms with Gasteiger partial charge < -0.3 is 15.6 Å². The van der Waals surface area contributed by atoms with E-state index in [9.17, 15) is 13.9 Å². The van der Waals surface area contributed by atoms with E-state index in [1.165, 1.54) is 18.2 Å². The molecule has 0 unspecified atom stereocenters. The molecule has 0 saturated carbocycles. The van der Waals surface area contributed by atoms with Crippen LogP contribution in [0.5, 0.6) is 11.5 Å². The van der Waals surface area contributed by atoms with Crippen LogP contribution < -0.4 is 10.5 Å². The highest BCUT2D eigenvalue weighted by molar-refractivity contribution is 5.42. The van der Waals surface area contributed by atoms with Crippen LogP contribution in [0.4, 0.5) is 8.78 Å². The van der Waals surface area contributed by atoms with Crippen molar-refractivity contribution in [1.82, 2.24) is 0 Å². The van der Waals surface area contributed by atoms with Crippen LogP contribution in [-0.2, 0) is 0 Å². The number of nitrogens with two attached hydrogens (primary N) is 1. The summed E-state index contributed by atoms with van der Waals surface area (Å²) in [6, 6.07) is 2.62. The molecule has 0 aliphatic rings. The van der Waals surface area contributed by atoms with E-state index in [4.69, 9.17) is 10.5 Å². The topological polar surface area (TPSA) is 55.5 Å². The van der Waals surface area contributed by atoms with Gasteiger partial charge in [0.1, 0.15) is 0 Å². The number of rotatable bonds is 4. The number of ether oxygens (including phenoxy) is 1. The van der Waals surface area contributed by atoms with Gasteiger partial charge in [0.15, 0.2) is 11.5 Å². The number of phenolic OH excluding ortho intramolecular Hbond substituents is 1. The summed E-state index contributed by atoms with van der Waals surface area (Å²) in [5, 5.41) is 9.33. The van der Waals surface area contributed by atoms with Gasteiger partial charge in [-0.05, 0) is 24.6 Å². The van der Waals surface area contributed by atoms with Gasteiger partial charge in [0.25, 0.3) is 6.43 Å². The first-order valence-electron chi connectivity index (χ1n) is 4.55. The van der Waals surface area contributed by atoms with E-state index in [0.29, 0.717) is 6.61 Å². The van der Waals surface area contributed by atoms with Crippen molar-refractivity contribution in [3.63, 3.8) is 0 Å². The van der Waals surface area contributed by atoms with Crippen molar-refractivity contribution in [3.05, 3.63) is 23.8 Å². The van der Waals surface area contributed by atoms with E-state index in [1.54, 1.807) is 6.92 Å². The molecule has 0 heterocycles. The van der Waals surface area contributed by atoms with E-state index in [1.807, 2.05) is 0 Å². The van der Waals surface area contributed by atoms with E-state index >= 15 is 0 Å². The molecule has 3 nitrogen and oxygen atoms in total. The molecule has 1 atom stereocenters. The summed E-state index contributed by atoms with van der Waals surface area (Å²) in [5.41, 5.74) is 5.51. The van der Waals surface area contributed by atoms with Gasteiger partial charge in [-0.3, -0.25) is 0 Å². The van der Waals surface area contributed by atoms with Crippen molar-refractivity contribution >= 4 is 0 Å². The molecule has 0 fully saturated rings. The zero-order chi connectivity index (χ0) is 11.4. The number of hydrogen-bond donors (Lipinski definition) is 2. The molecule has 0 aromatic heterocycles. The van der Waals surface area contributed by atoms with Gasteiger partial charge in [0.05, 0.1) is 12.6 Å². The standard InChI is InChI=1S/C10H13F2NO2/c1-2-15-8-5-6(3-4-7(8)14)9(13)10(11)12/h3-5,9-10,14H,2,13H2,1H3/t9-/m1/s1. The Labute approximate surface area is 86.5 Å². The van der Waals surface area contributed by atoms with Crippen molar-refractivity contribution in [3.8, 4) is 11.5 Å². The molecule has 5 heteroatoms. The Hall–Kier alpha value is -1.36. The van der Waals surface area contributed by atoms with Crippen LogP contribution in [0.1, 0.15) is 18.5 Å². The van der Waals surface area contributed by atoms with Gasteiger partial charge in [-0.15, -0.1) is 0 Å². The van der Waals surface area contributed by atoms with Gasteiger partial charge >= 0.3 is 0 Å². The molecule has 15 heavy (non-hydrogen) atoms. The Bertz CT molecular complexity index is 331. The van der Waals surface area contributed by atoms with E-state index < -0.39 is 12.5 Å². The second-order valence-corrected chi connectivity index (χ2v) is 3.02. The number of phenols is 1. The summed E-state index contributed by atoms with van der Waals surface area (Å²) in [5.74, 6) is 0.0909. The van der Waals surface area contributed by atoms with Crippen LogP contribution in [0.15, 0.2) is 18.2 Å². The molecular formula is C10H13F2NO2. The van der Waals surface area contributed by atoms with Gasteiger partial charge in [0, 0.05) is 0 Å². The Kier molecular flexibility index (Phi) is 3.85. The van der Waals surface area contributed by atoms with Crippen LogP contribution in [0.2, 0.25) is 0 Å². The molecule has 0 radical (unpaired) electrons. The minimum Gasteiger partial charge on any atom is -0.504 e. The first kappa shape index (κ1) is 11.7. The molecule has 0 saturated heterocycles. The fourth-order valence-corrected chi connectivity index (χ4v) is 1.15. The SMILES string of the molecule is CCOc1cc([C@@H](N)C(F)F)ccc1O. The zero-order valence-corrected chi connectivity index (χ0v) is 8.28. The van der Waals surface area contributed by atoms with E-state index in [0.717, 1.165) is 0 Å². The fourth-order valence-electron chi connectivity index (χ4n) is 1.15. The van der Waals surface area contributed by atoms with Crippen molar-refractivity contribution < 1.29 is 18.6 Å². The first-order valence-corrected chi connectivity index (χ1v) is 4.55. The maximum Gasteiger partial charge on any atom is 0.257 e. The number of halogens is 2. The van der Waals surface area contributed by atoms with Crippen LogP contribution in [0.3, 0.4) is 0 Å². The largest absolute Gasteiger partial charge is 0.504 e. The van der Waals surface area contributed by atoms with Crippen LogP contribution in [0.25, 0.3) is 0 Å². The summed E-state index contributed by atoms with van der Waals surface area (Å²) in [6.45, 7) is 2.08. The van der Waals surface area contributed by atoms with Gasteiger partial charge in [-0.2, -0.15) is 0 Å². The average Bonchev–Trinajstić information content (AvgIpc) is 2.20. The lowest BCUT2D eigenvalue weighted by Crippen LogP contribution is -2.18. The third-order valence-corrected chi connectivity index (χ3v) is 1.94. The Morgan fingerprint density at radius 2 is 2.13 bits per heavy atom. The number of aromatic hydroxyl groups is 1. The fraction of sp³-hybridized carbons (Fsp3) is 0.400. The normalized spacial score (nSPS) is 12.9. The average molecular weight is 217 g/mol. The quantitative estimate of drug-likeness (QED) is 0.811. The van der Waals surface area contributed by atoms with Crippen molar-refractivity contribution in [2.24, 2.45) is 5.73 Å². The van der Waals surface area contributed by atoms with Gasteiger partial charge in [-0.1, -0.05) is 6.07 Å². The highest BCUT2D eigenvalue weighted by atomic mass is 19.3. The summed E-state index contributed by atoms with van der Waals surface area (Å²) in [7, 11) is 0. The van der Waals surface area contributed by atoms with Gasteiger partial charge in [-0.25, -0.2) is 8.78 Å². The Morgan fingerprint density at radius 1 is 1.47 bits per heavy atom. The second kappa shape index (κ2) is 4.93. The molecule has 84 valence electrons. The first-order chi connectivity index (χ1) is 7.06. The molecule has 1 rings (SSSR count). The second-order valence-electron chi connectivity index (χ2n) is 3.02. The number of alkyl halides is 2. The lowest BCUT2D eigenvalue weighted by molar-refractivity contribution is 0.116. The number of hydrogen-bond acceptors (Lipinski definition) is 3. The van der Waals surface area contributed by atoms with E-state index in [-0.39, 0.29) is 17.1 Å². The van der Waals surface area contributed by atoms with Crippen LogP contribution in [0, 0.1) is 0 Å². The minimum atomic E-state index is -2.64. The maximum absolute atomic E-state index is 12.3. The molecule has 1 aromatic carbocycles. The molecular weight excluding hydrogens is 204 g/mol.